The Morgan fingerprint density at radius 1 is 0.806 bits per heavy atom. The second kappa shape index (κ2) is 10.0. The van der Waals surface area contributed by atoms with E-state index in [0.29, 0.717) is 11.5 Å². The summed E-state index contributed by atoms with van der Waals surface area (Å²) in [6, 6.07) is 25.6. The molecule has 0 fully saturated rings. The maximum atomic E-state index is 13.0. The van der Waals surface area contributed by atoms with Crippen molar-refractivity contribution in [2.75, 3.05) is 0 Å². The van der Waals surface area contributed by atoms with Gasteiger partial charge in [0, 0.05) is 0 Å². The number of fused-ring (bicyclic) bond motifs is 1. The summed E-state index contributed by atoms with van der Waals surface area (Å²) in [6.07, 6.45) is 3.53. The minimum Gasteiger partial charge on any atom is -0.483 e. The SMILES string of the molecule is C=C/C(=C\C)Oc1ccc2ccc(OC(C)(C)c3ccc(S(=O)(=O)c4ccc(C)cc4)cc3)cc2c1. The van der Waals surface area contributed by atoms with Crippen molar-refractivity contribution in [2.24, 2.45) is 0 Å². The summed E-state index contributed by atoms with van der Waals surface area (Å²) in [5.41, 5.74) is 1.20. The van der Waals surface area contributed by atoms with E-state index in [1.54, 1.807) is 42.5 Å². The highest BCUT2D eigenvalue weighted by atomic mass is 32.2. The molecule has 4 aromatic carbocycles. The quantitative estimate of drug-likeness (QED) is 0.184. The first kappa shape index (κ1) is 25.3. The molecule has 0 radical (unpaired) electrons. The Hall–Kier alpha value is -3.83. The van der Waals surface area contributed by atoms with E-state index in [4.69, 9.17) is 9.47 Å². The highest BCUT2D eigenvalue weighted by Gasteiger charge is 2.25. The summed E-state index contributed by atoms with van der Waals surface area (Å²) in [6.45, 7) is 11.5. The summed E-state index contributed by atoms with van der Waals surface area (Å²) in [5.74, 6) is 2.11. The lowest BCUT2D eigenvalue weighted by Gasteiger charge is -2.27. The summed E-state index contributed by atoms with van der Waals surface area (Å²) >= 11 is 0. The lowest BCUT2D eigenvalue weighted by molar-refractivity contribution is 0.109. The average Bonchev–Trinajstić information content (AvgIpc) is 2.87. The highest BCUT2D eigenvalue weighted by Crippen LogP contribution is 2.32. The van der Waals surface area contributed by atoms with Gasteiger partial charge < -0.3 is 9.47 Å². The lowest BCUT2D eigenvalue weighted by atomic mass is 9.98. The molecule has 0 aromatic heterocycles. The zero-order valence-electron chi connectivity index (χ0n) is 21.0. The van der Waals surface area contributed by atoms with Gasteiger partial charge in [-0.3, -0.25) is 0 Å². The minimum absolute atomic E-state index is 0.254. The third-order valence-corrected chi connectivity index (χ3v) is 7.85. The van der Waals surface area contributed by atoms with Gasteiger partial charge >= 0.3 is 0 Å². The molecular formula is C31H30O4S. The average molecular weight is 499 g/mol. The zero-order valence-corrected chi connectivity index (χ0v) is 21.8. The molecule has 0 spiro atoms. The van der Waals surface area contributed by atoms with Crippen molar-refractivity contribution in [1.82, 2.24) is 0 Å². The van der Waals surface area contributed by atoms with Gasteiger partial charge in [-0.15, -0.1) is 0 Å². The Morgan fingerprint density at radius 2 is 1.36 bits per heavy atom. The molecule has 0 amide bonds. The summed E-state index contributed by atoms with van der Waals surface area (Å²) in [5, 5.41) is 2.05. The fraction of sp³-hybridized carbons (Fsp3) is 0.161. The molecule has 5 heteroatoms. The number of hydrogen-bond acceptors (Lipinski definition) is 4. The van der Waals surface area contributed by atoms with Crippen molar-refractivity contribution < 1.29 is 17.9 Å². The third kappa shape index (κ3) is 5.37. The van der Waals surface area contributed by atoms with Crippen LogP contribution in [0.4, 0.5) is 0 Å². The maximum absolute atomic E-state index is 13.0. The molecule has 0 N–H and O–H groups in total. The normalized spacial score (nSPS) is 12.4. The van der Waals surface area contributed by atoms with E-state index in [9.17, 15) is 8.42 Å². The van der Waals surface area contributed by atoms with Gasteiger partial charge in [0.2, 0.25) is 9.84 Å². The van der Waals surface area contributed by atoms with Crippen molar-refractivity contribution in [3.8, 4) is 11.5 Å². The van der Waals surface area contributed by atoms with E-state index in [0.717, 1.165) is 27.6 Å². The van der Waals surface area contributed by atoms with Crippen LogP contribution in [-0.2, 0) is 15.4 Å². The Morgan fingerprint density at radius 3 is 1.94 bits per heavy atom. The molecule has 0 aliphatic carbocycles. The monoisotopic (exact) mass is 498 g/mol. The minimum atomic E-state index is -3.58. The van der Waals surface area contributed by atoms with Crippen LogP contribution < -0.4 is 9.47 Å². The second-order valence-electron chi connectivity index (χ2n) is 9.12. The number of allylic oxidation sites excluding steroid dienone is 2. The van der Waals surface area contributed by atoms with Gasteiger partial charge in [-0.2, -0.15) is 0 Å². The smallest absolute Gasteiger partial charge is 0.206 e. The van der Waals surface area contributed by atoms with E-state index in [2.05, 4.69) is 6.58 Å². The van der Waals surface area contributed by atoms with Crippen LogP contribution in [0.5, 0.6) is 11.5 Å². The molecule has 0 aliphatic heterocycles. The van der Waals surface area contributed by atoms with Gasteiger partial charge in [0.15, 0.2) is 0 Å². The van der Waals surface area contributed by atoms with Gasteiger partial charge in [-0.1, -0.05) is 48.5 Å². The van der Waals surface area contributed by atoms with E-state index in [1.165, 1.54) is 0 Å². The number of ether oxygens (including phenoxy) is 2. The molecule has 0 bridgehead atoms. The molecule has 4 rings (SSSR count). The number of sulfone groups is 1. The van der Waals surface area contributed by atoms with Gasteiger partial charge in [-0.05, 0) is 105 Å². The molecule has 0 unspecified atom stereocenters. The Labute approximate surface area is 213 Å². The molecule has 4 aromatic rings. The molecule has 0 saturated carbocycles. The van der Waals surface area contributed by atoms with Crippen LogP contribution in [0.15, 0.2) is 119 Å². The van der Waals surface area contributed by atoms with E-state index >= 15 is 0 Å². The maximum Gasteiger partial charge on any atom is 0.206 e. The van der Waals surface area contributed by atoms with Crippen molar-refractivity contribution in [1.29, 1.82) is 0 Å². The fourth-order valence-corrected chi connectivity index (χ4v) is 5.19. The lowest BCUT2D eigenvalue weighted by Crippen LogP contribution is -2.25. The standard InChI is InChI=1S/C31H30O4S/c1-6-26(7-2)34-27-14-10-23-11-15-28(21-24(23)20-27)35-31(4,5)25-12-18-30(19-13-25)36(32,33)29-16-8-22(3)9-17-29/h6-21H,1H2,2-5H3/b26-7+. The highest BCUT2D eigenvalue weighted by molar-refractivity contribution is 7.91. The van der Waals surface area contributed by atoms with Crippen LogP contribution in [0.25, 0.3) is 10.8 Å². The molecule has 0 atom stereocenters. The van der Waals surface area contributed by atoms with Gasteiger partial charge in [0.1, 0.15) is 22.9 Å². The number of benzene rings is 4. The Balaban J connectivity index is 1.57. The third-order valence-electron chi connectivity index (χ3n) is 6.07. The number of aryl methyl sites for hydroxylation is 1. The zero-order chi connectivity index (χ0) is 25.9. The van der Waals surface area contributed by atoms with E-state index in [-0.39, 0.29) is 9.79 Å². The van der Waals surface area contributed by atoms with Crippen LogP contribution in [0.3, 0.4) is 0 Å². The molecule has 184 valence electrons. The second-order valence-corrected chi connectivity index (χ2v) is 11.1. The van der Waals surface area contributed by atoms with Crippen LogP contribution in [0.2, 0.25) is 0 Å². The number of rotatable bonds is 8. The molecule has 4 nitrogen and oxygen atoms in total. The van der Waals surface area contributed by atoms with Crippen molar-refractivity contribution >= 4 is 20.6 Å². The molecule has 0 aliphatic rings. The van der Waals surface area contributed by atoms with E-state index in [1.807, 2.05) is 82.3 Å². The van der Waals surface area contributed by atoms with Crippen LogP contribution >= 0.6 is 0 Å². The van der Waals surface area contributed by atoms with Gasteiger partial charge in [0.05, 0.1) is 9.79 Å². The first-order valence-corrected chi connectivity index (χ1v) is 13.2. The first-order chi connectivity index (χ1) is 17.1. The fourth-order valence-electron chi connectivity index (χ4n) is 3.93. The molecule has 0 heterocycles. The van der Waals surface area contributed by atoms with Crippen molar-refractivity contribution in [2.45, 2.75) is 43.1 Å². The predicted molar refractivity (Wildman–Crippen MR) is 145 cm³/mol. The van der Waals surface area contributed by atoms with Crippen LogP contribution in [0.1, 0.15) is 31.9 Å². The summed E-state index contributed by atoms with van der Waals surface area (Å²) in [7, 11) is -3.58. The molecule has 0 saturated heterocycles. The Kier molecular flexibility index (Phi) is 7.04. The topological polar surface area (TPSA) is 52.6 Å². The summed E-state index contributed by atoms with van der Waals surface area (Å²) < 4.78 is 38.2. The largest absolute Gasteiger partial charge is 0.483 e. The van der Waals surface area contributed by atoms with Crippen LogP contribution in [0, 0.1) is 6.92 Å². The number of hydrogen-bond donors (Lipinski definition) is 0. The van der Waals surface area contributed by atoms with Crippen molar-refractivity contribution in [3.05, 3.63) is 121 Å². The Bertz CT molecular complexity index is 1530. The van der Waals surface area contributed by atoms with Crippen molar-refractivity contribution in [3.63, 3.8) is 0 Å². The van der Waals surface area contributed by atoms with E-state index < -0.39 is 15.4 Å². The van der Waals surface area contributed by atoms with Crippen LogP contribution in [-0.4, -0.2) is 8.42 Å². The molecule has 36 heavy (non-hydrogen) atoms. The van der Waals surface area contributed by atoms with Gasteiger partial charge in [-0.25, -0.2) is 8.42 Å². The first-order valence-electron chi connectivity index (χ1n) is 11.7. The summed E-state index contributed by atoms with van der Waals surface area (Å²) in [4.78, 5) is 0.537. The van der Waals surface area contributed by atoms with Gasteiger partial charge in [0.25, 0.3) is 0 Å². The predicted octanol–water partition coefficient (Wildman–Crippen LogP) is 7.76. The molecular weight excluding hydrogens is 468 g/mol.